The number of nitrogens with one attached hydrogen (secondary N) is 1. The number of hydrogen-bond donors (Lipinski definition) is 1. The molecule has 7 heteroatoms. The molecule has 112 valence electrons. The highest BCUT2D eigenvalue weighted by molar-refractivity contribution is 7.89. The average molecular weight is 316 g/mol. The number of amides is 2. The predicted octanol–water partition coefficient (Wildman–Crippen LogP) is 1.40. The minimum absolute atomic E-state index is 0.0651. The number of benzene rings is 2. The predicted molar refractivity (Wildman–Crippen MR) is 80.3 cm³/mol. The SMILES string of the molecule is CNS(=O)(=O)c1ccc(N2C(=O)c3ccccc3C2=O)cc1. The van der Waals surface area contributed by atoms with E-state index >= 15 is 0 Å². The van der Waals surface area contributed by atoms with Crippen molar-refractivity contribution >= 4 is 27.5 Å². The monoisotopic (exact) mass is 316 g/mol. The number of hydrogen-bond acceptors (Lipinski definition) is 4. The third-order valence-electron chi connectivity index (χ3n) is 3.47. The standard InChI is InChI=1S/C15H12N2O4S/c1-16-22(20,21)11-8-6-10(7-9-11)17-14(18)12-4-2-3-5-13(12)15(17)19/h2-9,16H,1H3. The summed E-state index contributed by atoms with van der Waals surface area (Å²) in [5, 5.41) is 0. The molecule has 0 radical (unpaired) electrons. The zero-order valence-electron chi connectivity index (χ0n) is 11.6. The molecule has 0 spiro atoms. The first-order valence-electron chi connectivity index (χ1n) is 6.47. The fourth-order valence-corrected chi connectivity index (χ4v) is 3.05. The van der Waals surface area contributed by atoms with Crippen LogP contribution in [0.15, 0.2) is 53.4 Å². The van der Waals surface area contributed by atoms with Gasteiger partial charge in [0.15, 0.2) is 0 Å². The number of rotatable bonds is 3. The molecule has 2 aromatic carbocycles. The number of nitrogens with zero attached hydrogens (tertiary/aromatic N) is 1. The van der Waals surface area contributed by atoms with E-state index in [-0.39, 0.29) is 4.90 Å². The van der Waals surface area contributed by atoms with E-state index in [0.717, 1.165) is 4.90 Å². The van der Waals surface area contributed by atoms with Crippen LogP contribution in [0.4, 0.5) is 5.69 Å². The van der Waals surface area contributed by atoms with Crippen molar-refractivity contribution in [2.75, 3.05) is 11.9 Å². The molecule has 0 bridgehead atoms. The molecule has 0 aromatic heterocycles. The van der Waals surface area contributed by atoms with Crippen LogP contribution in [0.3, 0.4) is 0 Å². The van der Waals surface area contributed by atoms with Crippen LogP contribution in [0.5, 0.6) is 0 Å². The Kier molecular flexibility index (Phi) is 3.31. The van der Waals surface area contributed by atoms with Crippen LogP contribution in [0.25, 0.3) is 0 Å². The van der Waals surface area contributed by atoms with Crippen LogP contribution >= 0.6 is 0 Å². The lowest BCUT2D eigenvalue weighted by molar-refractivity contribution is 0.0926. The summed E-state index contributed by atoms with van der Waals surface area (Å²) in [6, 6.07) is 12.1. The van der Waals surface area contributed by atoms with Gasteiger partial charge in [-0.25, -0.2) is 18.0 Å². The van der Waals surface area contributed by atoms with Gasteiger partial charge in [0.25, 0.3) is 11.8 Å². The van der Waals surface area contributed by atoms with Crippen molar-refractivity contribution in [1.82, 2.24) is 4.72 Å². The molecule has 0 saturated heterocycles. The van der Waals surface area contributed by atoms with Gasteiger partial charge in [-0.05, 0) is 43.4 Å². The lowest BCUT2D eigenvalue weighted by Gasteiger charge is -2.14. The maximum atomic E-state index is 12.3. The van der Waals surface area contributed by atoms with E-state index in [9.17, 15) is 18.0 Å². The van der Waals surface area contributed by atoms with Crippen LogP contribution in [0.2, 0.25) is 0 Å². The first-order chi connectivity index (χ1) is 10.5. The van der Waals surface area contributed by atoms with Crippen LogP contribution in [-0.2, 0) is 10.0 Å². The zero-order chi connectivity index (χ0) is 15.9. The Bertz CT molecular complexity index is 838. The molecule has 2 amide bonds. The Balaban J connectivity index is 2.00. The number of carbonyl (C=O) groups is 2. The molecule has 1 heterocycles. The minimum Gasteiger partial charge on any atom is -0.268 e. The van der Waals surface area contributed by atoms with Gasteiger partial charge in [0, 0.05) is 0 Å². The van der Waals surface area contributed by atoms with E-state index in [4.69, 9.17) is 0 Å². The Morgan fingerprint density at radius 2 is 1.36 bits per heavy atom. The quantitative estimate of drug-likeness (QED) is 0.868. The van der Waals surface area contributed by atoms with Crippen LogP contribution in [0.1, 0.15) is 20.7 Å². The van der Waals surface area contributed by atoms with Crippen molar-refractivity contribution < 1.29 is 18.0 Å². The number of sulfonamides is 1. The summed E-state index contributed by atoms with van der Waals surface area (Å²) < 4.78 is 25.6. The largest absolute Gasteiger partial charge is 0.268 e. The lowest BCUT2D eigenvalue weighted by atomic mass is 10.1. The maximum Gasteiger partial charge on any atom is 0.266 e. The van der Waals surface area contributed by atoms with Gasteiger partial charge in [-0.15, -0.1) is 0 Å². The van der Waals surface area contributed by atoms with Gasteiger partial charge in [-0.1, -0.05) is 12.1 Å². The molecule has 2 aromatic rings. The summed E-state index contributed by atoms with van der Waals surface area (Å²) in [6.07, 6.45) is 0. The van der Waals surface area contributed by atoms with Gasteiger partial charge in [0.1, 0.15) is 0 Å². The highest BCUT2D eigenvalue weighted by Crippen LogP contribution is 2.28. The number of carbonyl (C=O) groups excluding carboxylic acids is 2. The molecule has 0 atom stereocenters. The number of imide groups is 1. The average Bonchev–Trinajstić information content (AvgIpc) is 2.79. The molecule has 6 nitrogen and oxygen atoms in total. The summed E-state index contributed by atoms with van der Waals surface area (Å²) in [6.45, 7) is 0. The highest BCUT2D eigenvalue weighted by Gasteiger charge is 2.36. The fraction of sp³-hybridized carbons (Fsp3) is 0.0667. The van der Waals surface area contributed by atoms with Crippen molar-refractivity contribution in [3.63, 3.8) is 0 Å². The van der Waals surface area contributed by atoms with Crippen molar-refractivity contribution in [2.45, 2.75) is 4.90 Å². The number of anilines is 1. The van der Waals surface area contributed by atoms with Gasteiger partial charge in [0.05, 0.1) is 21.7 Å². The maximum absolute atomic E-state index is 12.3. The van der Waals surface area contributed by atoms with Crippen molar-refractivity contribution in [1.29, 1.82) is 0 Å². The highest BCUT2D eigenvalue weighted by atomic mass is 32.2. The van der Waals surface area contributed by atoms with E-state index < -0.39 is 21.8 Å². The second kappa shape index (κ2) is 5.04. The lowest BCUT2D eigenvalue weighted by Crippen LogP contribution is -2.29. The normalized spacial score (nSPS) is 14.3. The van der Waals surface area contributed by atoms with E-state index in [0.29, 0.717) is 16.8 Å². The summed E-state index contributed by atoms with van der Waals surface area (Å²) in [5.74, 6) is -0.824. The van der Waals surface area contributed by atoms with Crippen LogP contribution in [-0.4, -0.2) is 27.3 Å². The van der Waals surface area contributed by atoms with Crippen LogP contribution < -0.4 is 9.62 Å². The Morgan fingerprint density at radius 3 is 1.82 bits per heavy atom. The van der Waals surface area contributed by atoms with Gasteiger partial charge in [0.2, 0.25) is 10.0 Å². The summed E-state index contributed by atoms with van der Waals surface area (Å²) >= 11 is 0. The van der Waals surface area contributed by atoms with Gasteiger partial charge in [-0.2, -0.15) is 0 Å². The van der Waals surface area contributed by atoms with Crippen LogP contribution in [0, 0.1) is 0 Å². The first-order valence-corrected chi connectivity index (χ1v) is 7.95. The molecule has 1 aliphatic rings. The van der Waals surface area contributed by atoms with E-state index in [1.807, 2.05) is 0 Å². The molecule has 1 N–H and O–H groups in total. The zero-order valence-corrected chi connectivity index (χ0v) is 12.4. The molecule has 22 heavy (non-hydrogen) atoms. The van der Waals surface area contributed by atoms with Gasteiger partial charge >= 0.3 is 0 Å². The van der Waals surface area contributed by atoms with E-state index in [1.54, 1.807) is 24.3 Å². The summed E-state index contributed by atoms with van der Waals surface area (Å²) in [5.41, 5.74) is 1.03. The second-order valence-electron chi connectivity index (χ2n) is 4.69. The number of fused-ring (bicyclic) bond motifs is 1. The minimum atomic E-state index is -3.56. The summed E-state index contributed by atoms with van der Waals surface area (Å²) in [4.78, 5) is 25.7. The first kappa shape index (κ1) is 14.4. The molecule has 0 unspecified atom stereocenters. The molecule has 1 aliphatic heterocycles. The van der Waals surface area contributed by atoms with Crippen molar-refractivity contribution in [2.24, 2.45) is 0 Å². The second-order valence-corrected chi connectivity index (χ2v) is 6.58. The molecule has 0 fully saturated rings. The fourth-order valence-electron chi connectivity index (χ4n) is 2.32. The van der Waals surface area contributed by atoms with E-state index in [1.165, 1.54) is 31.3 Å². The third kappa shape index (κ3) is 2.11. The molecule has 0 aliphatic carbocycles. The van der Waals surface area contributed by atoms with Gasteiger partial charge < -0.3 is 0 Å². The third-order valence-corrected chi connectivity index (χ3v) is 4.90. The Labute approximate surface area is 127 Å². The topological polar surface area (TPSA) is 83.6 Å². The Morgan fingerprint density at radius 1 is 0.864 bits per heavy atom. The molecular weight excluding hydrogens is 304 g/mol. The van der Waals surface area contributed by atoms with Gasteiger partial charge in [-0.3, -0.25) is 9.59 Å². The summed E-state index contributed by atoms with van der Waals surface area (Å²) in [7, 11) is -2.24. The van der Waals surface area contributed by atoms with E-state index in [2.05, 4.69) is 4.72 Å². The Hall–Kier alpha value is -2.51. The smallest absolute Gasteiger partial charge is 0.266 e. The molecule has 3 rings (SSSR count). The molecule has 0 saturated carbocycles. The molecular formula is C15H12N2O4S. The van der Waals surface area contributed by atoms with Crippen molar-refractivity contribution in [3.05, 3.63) is 59.7 Å². The van der Waals surface area contributed by atoms with Crippen molar-refractivity contribution in [3.8, 4) is 0 Å².